The van der Waals surface area contributed by atoms with E-state index in [0.717, 1.165) is 51.0 Å². The lowest BCUT2D eigenvalue weighted by molar-refractivity contribution is 0.0377. The van der Waals surface area contributed by atoms with E-state index in [1.54, 1.807) is 0 Å². The summed E-state index contributed by atoms with van der Waals surface area (Å²) in [5, 5.41) is 5.30. The quantitative estimate of drug-likeness (QED) is 0.788. The maximum absolute atomic E-state index is 5.34. The predicted octanol–water partition coefficient (Wildman–Crippen LogP) is 1.57. The van der Waals surface area contributed by atoms with Gasteiger partial charge in [0, 0.05) is 37.5 Å². The lowest BCUT2D eigenvalue weighted by atomic mass is 10.2. The highest BCUT2D eigenvalue weighted by atomic mass is 32.2. The van der Waals surface area contributed by atoms with Gasteiger partial charge in [0.05, 0.1) is 13.2 Å². The number of aliphatic imine (C=N–C) groups is 1. The first-order valence-electron chi connectivity index (χ1n) is 7.02. The van der Waals surface area contributed by atoms with Crippen LogP contribution < -0.4 is 5.32 Å². The molecule has 0 aromatic heterocycles. The highest BCUT2D eigenvalue weighted by Gasteiger charge is 2.19. The molecule has 2 atom stereocenters. The van der Waals surface area contributed by atoms with E-state index in [1.165, 1.54) is 6.42 Å². The van der Waals surface area contributed by atoms with Crippen LogP contribution in [0.1, 0.15) is 26.7 Å². The van der Waals surface area contributed by atoms with E-state index >= 15 is 0 Å². The number of hydrogen-bond donors (Lipinski definition) is 1. The summed E-state index contributed by atoms with van der Waals surface area (Å²) in [7, 11) is 0. The molecule has 18 heavy (non-hydrogen) atoms. The molecular formula is C13H25N3OS. The number of hydrogen-bond acceptors (Lipinski definition) is 4. The molecule has 5 heteroatoms. The molecule has 2 saturated heterocycles. The van der Waals surface area contributed by atoms with Gasteiger partial charge in [0.15, 0.2) is 5.17 Å². The largest absolute Gasteiger partial charge is 0.379 e. The summed E-state index contributed by atoms with van der Waals surface area (Å²) in [4.78, 5) is 7.15. The minimum Gasteiger partial charge on any atom is -0.379 e. The highest BCUT2D eigenvalue weighted by Crippen LogP contribution is 2.22. The van der Waals surface area contributed by atoms with E-state index in [1.807, 2.05) is 11.8 Å². The molecule has 2 unspecified atom stereocenters. The second-order valence-electron chi connectivity index (χ2n) is 5.20. The second kappa shape index (κ2) is 7.36. The lowest BCUT2D eigenvalue weighted by Gasteiger charge is -2.27. The zero-order valence-electron chi connectivity index (χ0n) is 11.5. The van der Waals surface area contributed by atoms with Crippen LogP contribution in [-0.2, 0) is 4.74 Å². The third kappa shape index (κ3) is 4.78. The van der Waals surface area contributed by atoms with Crippen molar-refractivity contribution in [2.75, 3.05) is 39.4 Å². The van der Waals surface area contributed by atoms with Gasteiger partial charge in [-0.1, -0.05) is 18.7 Å². The molecule has 0 bridgehead atoms. The molecule has 0 aliphatic carbocycles. The molecule has 0 aromatic carbocycles. The van der Waals surface area contributed by atoms with Crippen molar-refractivity contribution in [3.63, 3.8) is 0 Å². The normalized spacial score (nSPS) is 32.4. The molecule has 0 amide bonds. The maximum Gasteiger partial charge on any atom is 0.157 e. The summed E-state index contributed by atoms with van der Waals surface area (Å²) in [5.41, 5.74) is 0. The molecule has 0 saturated carbocycles. The van der Waals surface area contributed by atoms with E-state index in [0.29, 0.717) is 11.3 Å². The Hall–Kier alpha value is -0.260. The molecule has 4 nitrogen and oxygen atoms in total. The van der Waals surface area contributed by atoms with Gasteiger partial charge in [-0.25, -0.2) is 0 Å². The highest BCUT2D eigenvalue weighted by molar-refractivity contribution is 8.14. The second-order valence-corrected chi connectivity index (χ2v) is 6.63. The molecule has 2 rings (SSSR count). The minimum atomic E-state index is 0.569. The number of thioether (sulfide) groups is 1. The van der Waals surface area contributed by atoms with Crippen molar-refractivity contribution in [1.82, 2.24) is 10.2 Å². The fourth-order valence-electron chi connectivity index (χ4n) is 2.42. The molecule has 2 fully saturated rings. The smallest absolute Gasteiger partial charge is 0.157 e. The van der Waals surface area contributed by atoms with Gasteiger partial charge in [-0.2, -0.15) is 0 Å². The van der Waals surface area contributed by atoms with Crippen LogP contribution in [0.15, 0.2) is 4.99 Å². The summed E-state index contributed by atoms with van der Waals surface area (Å²) in [6, 6.07) is 0.569. The van der Waals surface area contributed by atoms with Crippen LogP contribution in [0.4, 0.5) is 0 Å². The summed E-state index contributed by atoms with van der Waals surface area (Å²) in [5.74, 6) is 0. The third-order valence-corrected chi connectivity index (χ3v) is 4.42. The van der Waals surface area contributed by atoms with Gasteiger partial charge in [0.2, 0.25) is 0 Å². The SMILES string of the molecule is CC1CC(C)SC(=NCCCN2CCOCC2)N1. The van der Waals surface area contributed by atoms with Crippen LogP contribution in [0.3, 0.4) is 0 Å². The van der Waals surface area contributed by atoms with Gasteiger partial charge < -0.3 is 10.1 Å². The van der Waals surface area contributed by atoms with Gasteiger partial charge in [-0.3, -0.25) is 9.89 Å². The number of nitrogens with zero attached hydrogens (tertiary/aromatic N) is 2. The van der Waals surface area contributed by atoms with Gasteiger partial charge in [-0.15, -0.1) is 0 Å². The molecule has 104 valence electrons. The van der Waals surface area contributed by atoms with Gasteiger partial charge in [-0.05, 0) is 19.8 Å². The van der Waals surface area contributed by atoms with E-state index in [-0.39, 0.29) is 0 Å². The van der Waals surface area contributed by atoms with Crippen molar-refractivity contribution in [3.05, 3.63) is 0 Å². The Morgan fingerprint density at radius 3 is 2.89 bits per heavy atom. The minimum absolute atomic E-state index is 0.569. The number of amidine groups is 1. The number of nitrogens with one attached hydrogen (secondary N) is 1. The molecule has 2 heterocycles. The number of rotatable bonds is 4. The standard InChI is InChI=1S/C13H25N3OS/c1-11-10-12(2)18-13(15-11)14-4-3-5-16-6-8-17-9-7-16/h11-12H,3-10H2,1-2H3,(H,14,15). The van der Waals surface area contributed by atoms with E-state index in [2.05, 4.69) is 29.1 Å². The average Bonchev–Trinajstić information content (AvgIpc) is 2.35. The summed E-state index contributed by atoms with van der Waals surface area (Å²) >= 11 is 1.88. The maximum atomic E-state index is 5.34. The van der Waals surface area contributed by atoms with Crippen molar-refractivity contribution in [2.45, 2.75) is 38.0 Å². The first-order valence-corrected chi connectivity index (χ1v) is 7.90. The fraction of sp³-hybridized carbons (Fsp3) is 0.923. The van der Waals surface area contributed by atoms with E-state index in [4.69, 9.17) is 4.74 Å². The molecular weight excluding hydrogens is 246 g/mol. The Balaban J connectivity index is 1.64. The number of ether oxygens (including phenoxy) is 1. The summed E-state index contributed by atoms with van der Waals surface area (Å²) in [6.45, 7) is 10.5. The Morgan fingerprint density at radius 2 is 2.17 bits per heavy atom. The van der Waals surface area contributed by atoms with E-state index < -0.39 is 0 Å². The van der Waals surface area contributed by atoms with Crippen molar-refractivity contribution < 1.29 is 4.74 Å². The molecule has 1 N–H and O–H groups in total. The molecule has 0 radical (unpaired) electrons. The van der Waals surface area contributed by atoms with Crippen LogP contribution in [0.2, 0.25) is 0 Å². The fourth-order valence-corrected chi connectivity index (χ4v) is 3.62. The van der Waals surface area contributed by atoms with Gasteiger partial charge >= 0.3 is 0 Å². The molecule has 0 spiro atoms. The van der Waals surface area contributed by atoms with E-state index in [9.17, 15) is 0 Å². The van der Waals surface area contributed by atoms with Crippen LogP contribution in [0.25, 0.3) is 0 Å². The third-order valence-electron chi connectivity index (χ3n) is 3.36. The summed E-state index contributed by atoms with van der Waals surface area (Å²) < 4.78 is 5.34. The number of morpholine rings is 1. The van der Waals surface area contributed by atoms with Crippen molar-refractivity contribution in [1.29, 1.82) is 0 Å². The topological polar surface area (TPSA) is 36.9 Å². The first kappa shape index (κ1) is 14.2. The lowest BCUT2D eigenvalue weighted by Crippen LogP contribution is -2.39. The van der Waals surface area contributed by atoms with Gasteiger partial charge in [0.25, 0.3) is 0 Å². The summed E-state index contributed by atoms with van der Waals surface area (Å²) in [6.07, 6.45) is 2.38. The predicted molar refractivity (Wildman–Crippen MR) is 78.4 cm³/mol. The van der Waals surface area contributed by atoms with Gasteiger partial charge in [0.1, 0.15) is 0 Å². The van der Waals surface area contributed by atoms with Crippen LogP contribution in [0.5, 0.6) is 0 Å². The van der Waals surface area contributed by atoms with Crippen LogP contribution in [0, 0.1) is 0 Å². The van der Waals surface area contributed by atoms with Crippen molar-refractivity contribution in [2.24, 2.45) is 4.99 Å². The first-order chi connectivity index (χ1) is 8.74. The average molecular weight is 271 g/mol. The van der Waals surface area contributed by atoms with Crippen LogP contribution in [-0.4, -0.2) is 60.8 Å². The Kier molecular flexibility index (Phi) is 5.79. The molecule has 2 aliphatic heterocycles. The van der Waals surface area contributed by atoms with Crippen LogP contribution >= 0.6 is 11.8 Å². The van der Waals surface area contributed by atoms with Crippen molar-refractivity contribution >= 4 is 16.9 Å². The zero-order chi connectivity index (χ0) is 12.8. The molecule has 0 aromatic rings. The zero-order valence-corrected chi connectivity index (χ0v) is 12.3. The Bertz CT molecular complexity index is 267. The monoisotopic (exact) mass is 271 g/mol. The van der Waals surface area contributed by atoms with Crippen molar-refractivity contribution in [3.8, 4) is 0 Å². The Labute approximate surface area is 115 Å². The Morgan fingerprint density at radius 1 is 1.39 bits per heavy atom. The molecule has 2 aliphatic rings.